The average Bonchev–Trinajstić information content (AvgIpc) is 2.51. The Morgan fingerprint density at radius 2 is 1.24 bits per heavy atom. The minimum atomic E-state index is -4.67. The van der Waals surface area contributed by atoms with Crippen LogP contribution in [0.5, 0.6) is 12.0 Å². The molecule has 0 atom stereocenters. The number of anilines is 2. The normalized spacial score (nSPS) is 11.9. The van der Waals surface area contributed by atoms with Gasteiger partial charge < -0.3 is 14.8 Å². The molecule has 1 heterocycles. The Bertz CT molecular complexity index is 657. The summed E-state index contributed by atoms with van der Waals surface area (Å²) in [7, 11) is 0. The second-order valence-electron chi connectivity index (χ2n) is 4.52. The number of halogens is 6. The average molecular weight is 368 g/mol. The molecule has 0 fully saturated rings. The summed E-state index contributed by atoms with van der Waals surface area (Å²) in [6.45, 7) is -3.44. The van der Waals surface area contributed by atoms with E-state index in [0.29, 0.717) is 5.69 Å². The lowest BCUT2D eigenvalue weighted by Crippen LogP contribution is -2.22. The largest absolute Gasteiger partial charge is 0.454 e. The zero-order chi connectivity index (χ0) is 18.5. The first kappa shape index (κ1) is 18.5. The number of hydrogen-bond acceptors (Lipinski definition) is 6. The van der Waals surface area contributed by atoms with Gasteiger partial charge in [-0.15, -0.1) is 4.98 Å². The fourth-order valence-corrected chi connectivity index (χ4v) is 1.47. The van der Waals surface area contributed by atoms with Crippen LogP contribution >= 0.6 is 0 Å². The Hall–Kier alpha value is -2.79. The van der Waals surface area contributed by atoms with Crippen LogP contribution in [0.4, 0.5) is 38.0 Å². The maximum Gasteiger partial charge on any atom is 0.422 e. The van der Waals surface area contributed by atoms with Crippen molar-refractivity contribution in [3.05, 3.63) is 30.3 Å². The highest BCUT2D eigenvalue weighted by Gasteiger charge is 2.31. The molecule has 0 amide bonds. The van der Waals surface area contributed by atoms with E-state index in [1.807, 2.05) is 0 Å². The van der Waals surface area contributed by atoms with Crippen LogP contribution in [-0.2, 0) is 0 Å². The van der Waals surface area contributed by atoms with E-state index in [-0.39, 0.29) is 5.95 Å². The van der Waals surface area contributed by atoms with E-state index in [4.69, 9.17) is 0 Å². The second-order valence-corrected chi connectivity index (χ2v) is 4.52. The van der Waals surface area contributed by atoms with Crippen LogP contribution in [0.1, 0.15) is 0 Å². The lowest BCUT2D eigenvalue weighted by molar-refractivity contribution is -0.156. The Morgan fingerprint density at radius 3 is 1.68 bits per heavy atom. The van der Waals surface area contributed by atoms with Crippen LogP contribution in [0, 0.1) is 0 Å². The van der Waals surface area contributed by atoms with E-state index in [2.05, 4.69) is 29.7 Å². The molecule has 0 spiro atoms. The molecule has 0 bridgehead atoms. The van der Waals surface area contributed by atoms with Crippen LogP contribution in [0.15, 0.2) is 30.3 Å². The van der Waals surface area contributed by atoms with Crippen molar-refractivity contribution in [3.8, 4) is 12.0 Å². The smallest absolute Gasteiger partial charge is 0.422 e. The van der Waals surface area contributed by atoms with Crippen molar-refractivity contribution in [1.29, 1.82) is 0 Å². The molecule has 12 heteroatoms. The number of rotatable bonds is 6. The van der Waals surface area contributed by atoms with Crippen LogP contribution in [-0.4, -0.2) is 40.5 Å². The molecule has 0 aliphatic carbocycles. The lowest BCUT2D eigenvalue weighted by Gasteiger charge is -2.12. The molecular formula is C13H10F6N4O2. The molecule has 0 saturated carbocycles. The monoisotopic (exact) mass is 368 g/mol. The highest BCUT2D eigenvalue weighted by molar-refractivity contribution is 5.52. The van der Waals surface area contributed by atoms with Gasteiger partial charge in [0.15, 0.2) is 13.2 Å². The van der Waals surface area contributed by atoms with Crippen LogP contribution in [0.25, 0.3) is 0 Å². The third kappa shape index (κ3) is 7.10. The number of hydrogen-bond donors (Lipinski definition) is 1. The highest BCUT2D eigenvalue weighted by Crippen LogP contribution is 2.22. The fraction of sp³-hybridized carbons (Fsp3) is 0.308. The second kappa shape index (κ2) is 7.40. The number of nitrogens with zero attached hydrogens (tertiary/aromatic N) is 3. The van der Waals surface area contributed by atoms with E-state index >= 15 is 0 Å². The molecule has 0 radical (unpaired) electrons. The molecule has 1 aromatic carbocycles. The first-order valence-electron chi connectivity index (χ1n) is 6.58. The first-order valence-corrected chi connectivity index (χ1v) is 6.58. The van der Waals surface area contributed by atoms with Crippen molar-refractivity contribution in [2.24, 2.45) is 0 Å². The molecule has 136 valence electrons. The van der Waals surface area contributed by atoms with Gasteiger partial charge in [-0.1, -0.05) is 18.2 Å². The maximum absolute atomic E-state index is 12.2. The predicted octanol–water partition coefficient (Wildman–Crippen LogP) is 3.50. The van der Waals surface area contributed by atoms with Gasteiger partial charge in [0, 0.05) is 5.69 Å². The fourth-order valence-electron chi connectivity index (χ4n) is 1.47. The van der Waals surface area contributed by atoms with Crippen molar-refractivity contribution in [1.82, 2.24) is 15.0 Å². The molecule has 0 aliphatic heterocycles. The minimum absolute atomic E-state index is 0.337. The third-order valence-electron chi connectivity index (χ3n) is 2.35. The molecular weight excluding hydrogens is 358 g/mol. The van der Waals surface area contributed by atoms with Gasteiger partial charge in [-0.25, -0.2) is 0 Å². The van der Waals surface area contributed by atoms with Gasteiger partial charge >= 0.3 is 24.4 Å². The summed E-state index contributed by atoms with van der Waals surface area (Å²) in [4.78, 5) is 10.4. The lowest BCUT2D eigenvalue weighted by atomic mass is 10.3. The molecule has 25 heavy (non-hydrogen) atoms. The Morgan fingerprint density at radius 1 is 0.760 bits per heavy atom. The van der Waals surface area contributed by atoms with E-state index in [1.54, 1.807) is 30.3 Å². The number of aromatic nitrogens is 3. The quantitative estimate of drug-likeness (QED) is 0.788. The maximum atomic E-state index is 12.2. The molecule has 2 rings (SSSR count). The zero-order valence-corrected chi connectivity index (χ0v) is 12.2. The van der Waals surface area contributed by atoms with Crippen LogP contribution in [0.3, 0.4) is 0 Å². The van der Waals surface area contributed by atoms with Crippen molar-refractivity contribution < 1.29 is 35.8 Å². The first-order chi connectivity index (χ1) is 11.6. The highest BCUT2D eigenvalue weighted by atomic mass is 19.4. The third-order valence-corrected chi connectivity index (χ3v) is 2.35. The van der Waals surface area contributed by atoms with Crippen molar-refractivity contribution in [3.63, 3.8) is 0 Å². The summed E-state index contributed by atoms with van der Waals surface area (Å²) in [6, 6.07) is 6.49. The van der Waals surface area contributed by atoms with Crippen molar-refractivity contribution in [2.75, 3.05) is 18.5 Å². The number of para-hydroxylation sites is 1. The molecule has 1 N–H and O–H groups in total. The Kier molecular flexibility index (Phi) is 5.49. The van der Waals surface area contributed by atoms with Gasteiger partial charge in [0.25, 0.3) is 0 Å². The zero-order valence-electron chi connectivity index (χ0n) is 12.2. The van der Waals surface area contributed by atoms with Gasteiger partial charge in [-0.05, 0) is 12.1 Å². The molecule has 0 aliphatic rings. The predicted molar refractivity (Wildman–Crippen MR) is 72.7 cm³/mol. The van der Waals surface area contributed by atoms with Crippen LogP contribution < -0.4 is 14.8 Å². The van der Waals surface area contributed by atoms with Gasteiger partial charge in [-0.2, -0.15) is 36.3 Å². The summed E-state index contributed by atoms with van der Waals surface area (Å²) in [5.41, 5.74) is 0.442. The summed E-state index contributed by atoms with van der Waals surface area (Å²) in [5.74, 6) is -0.337. The summed E-state index contributed by atoms with van der Waals surface area (Å²) in [6.07, 6.45) is -9.35. The van der Waals surface area contributed by atoms with E-state index in [0.717, 1.165) is 0 Å². The van der Waals surface area contributed by atoms with Crippen LogP contribution in [0.2, 0.25) is 0 Å². The Balaban J connectivity index is 2.20. The SMILES string of the molecule is FC(F)(F)COc1nc(Nc2ccccc2)nc(OCC(F)(F)F)n1. The van der Waals surface area contributed by atoms with E-state index < -0.39 is 37.6 Å². The van der Waals surface area contributed by atoms with Crippen molar-refractivity contribution in [2.45, 2.75) is 12.4 Å². The standard InChI is InChI=1S/C13H10F6N4O2/c14-12(15,16)6-24-10-21-9(20-8-4-2-1-3-5-8)22-11(23-10)25-7-13(17,18)19/h1-5H,6-7H2,(H,20,21,22,23). The number of benzene rings is 1. The van der Waals surface area contributed by atoms with Gasteiger partial charge in [-0.3, -0.25) is 0 Å². The minimum Gasteiger partial charge on any atom is -0.454 e. The molecule has 1 aromatic heterocycles. The molecule has 0 saturated heterocycles. The van der Waals surface area contributed by atoms with Gasteiger partial charge in [0.05, 0.1) is 0 Å². The number of alkyl halides is 6. The topological polar surface area (TPSA) is 69.2 Å². The number of ether oxygens (including phenoxy) is 2. The van der Waals surface area contributed by atoms with E-state index in [9.17, 15) is 26.3 Å². The van der Waals surface area contributed by atoms with E-state index in [1.165, 1.54) is 0 Å². The molecule has 6 nitrogen and oxygen atoms in total. The summed E-state index contributed by atoms with van der Waals surface area (Å²) < 4.78 is 81.9. The van der Waals surface area contributed by atoms with Gasteiger partial charge in [0.1, 0.15) is 0 Å². The van der Waals surface area contributed by atoms with Crippen molar-refractivity contribution >= 4 is 11.6 Å². The number of nitrogens with one attached hydrogen (secondary N) is 1. The Labute approximate surface area is 136 Å². The molecule has 2 aromatic rings. The summed E-state index contributed by atoms with van der Waals surface area (Å²) >= 11 is 0. The molecule has 0 unspecified atom stereocenters. The van der Waals surface area contributed by atoms with Gasteiger partial charge in [0.2, 0.25) is 5.95 Å². The summed E-state index contributed by atoms with van der Waals surface area (Å²) in [5, 5.41) is 2.59.